The van der Waals surface area contributed by atoms with Gasteiger partial charge in [-0.15, -0.1) is 0 Å². The summed E-state index contributed by atoms with van der Waals surface area (Å²) < 4.78 is 0. The van der Waals surface area contributed by atoms with E-state index >= 15 is 0 Å². The molecular formula is C17H24N2O4. The molecule has 3 aliphatic rings. The van der Waals surface area contributed by atoms with Crippen LogP contribution in [0.1, 0.15) is 32.1 Å². The summed E-state index contributed by atoms with van der Waals surface area (Å²) in [6.45, 7) is 0. The molecule has 0 aromatic rings. The number of primary amides is 1. The fraction of sp³-hybridized carbons (Fsp3) is 0.765. The number of carbonyl (C=O) groups is 4. The molecule has 0 heterocycles. The molecule has 0 radical (unpaired) electrons. The van der Waals surface area contributed by atoms with Gasteiger partial charge in [-0.25, -0.2) is 0 Å². The minimum atomic E-state index is -0.914. The number of Topliss-reactive ketones (excluding diaryl/α,β-unsaturated/α-hetero) is 3. The molecule has 3 rings (SSSR count). The van der Waals surface area contributed by atoms with Gasteiger partial charge in [-0.2, -0.15) is 0 Å². The first-order chi connectivity index (χ1) is 10.8. The quantitative estimate of drug-likeness (QED) is 0.732. The molecule has 126 valence electrons. The monoisotopic (exact) mass is 320 g/mol. The fourth-order valence-electron chi connectivity index (χ4n) is 5.04. The molecule has 0 spiro atoms. The van der Waals surface area contributed by atoms with Crippen molar-refractivity contribution in [1.82, 2.24) is 4.90 Å². The van der Waals surface area contributed by atoms with Crippen molar-refractivity contribution in [2.24, 2.45) is 35.3 Å². The highest BCUT2D eigenvalue weighted by Gasteiger charge is 2.56. The third-order valence-electron chi connectivity index (χ3n) is 6.01. The zero-order valence-electron chi connectivity index (χ0n) is 13.7. The van der Waals surface area contributed by atoms with Crippen LogP contribution in [-0.2, 0) is 19.2 Å². The van der Waals surface area contributed by atoms with Gasteiger partial charge >= 0.3 is 0 Å². The third-order valence-corrected chi connectivity index (χ3v) is 6.01. The van der Waals surface area contributed by atoms with E-state index in [4.69, 9.17) is 5.73 Å². The lowest BCUT2D eigenvalue weighted by Gasteiger charge is -2.49. The van der Waals surface area contributed by atoms with Crippen molar-refractivity contribution in [3.8, 4) is 0 Å². The van der Waals surface area contributed by atoms with Crippen molar-refractivity contribution in [2.75, 3.05) is 14.1 Å². The van der Waals surface area contributed by atoms with Crippen LogP contribution in [0.2, 0.25) is 0 Å². The summed E-state index contributed by atoms with van der Waals surface area (Å²) in [5.41, 5.74) is 5.39. The van der Waals surface area contributed by atoms with Crippen LogP contribution in [-0.4, -0.2) is 48.3 Å². The van der Waals surface area contributed by atoms with Gasteiger partial charge in [-0.05, 0) is 51.6 Å². The Labute approximate surface area is 135 Å². The van der Waals surface area contributed by atoms with E-state index in [0.29, 0.717) is 12.8 Å². The van der Waals surface area contributed by atoms with E-state index in [1.807, 2.05) is 0 Å². The minimum absolute atomic E-state index is 0.0404. The zero-order valence-corrected chi connectivity index (χ0v) is 13.7. The van der Waals surface area contributed by atoms with Gasteiger partial charge in [-0.3, -0.25) is 24.1 Å². The molecule has 3 saturated carbocycles. The largest absolute Gasteiger partial charge is 0.369 e. The lowest BCUT2D eigenvalue weighted by molar-refractivity contribution is -0.154. The van der Waals surface area contributed by atoms with Crippen molar-refractivity contribution in [3.05, 3.63) is 0 Å². The fourth-order valence-corrected chi connectivity index (χ4v) is 5.04. The average molecular weight is 320 g/mol. The van der Waals surface area contributed by atoms with Crippen molar-refractivity contribution >= 4 is 23.3 Å². The summed E-state index contributed by atoms with van der Waals surface area (Å²) in [4.78, 5) is 51.3. The molecule has 1 amide bonds. The third kappa shape index (κ3) is 2.53. The topological polar surface area (TPSA) is 97.5 Å². The van der Waals surface area contributed by atoms with E-state index < -0.39 is 29.7 Å². The Hall–Kier alpha value is -1.56. The highest BCUT2D eigenvalue weighted by Crippen LogP contribution is 2.48. The number of rotatable bonds is 2. The van der Waals surface area contributed by atoms with Crippen LogP contribution in [0.3, 0.4) is 0 Å². The Morgan fingerprint density at radius 1 is 1.13 bits per heavy atom. The molecule has 0 bridgehead atoms. The predicted octanol–water partition coefficient (Wildman–Crippen LogP) is 0.181. The van der Waals surface area contributed by atoms with Gasteiger partial charge in [0.2, 0.25) is 5.91 Å². The summed E-state index contributed by atoms with van der Waals surface area (Å²) in [5.74, 6) is -2.72. The SMILES string of the molecule is CN(C)C1C(=O)C(C(N)=O)CC2C(=O)C3C(=O)CCCC3CC21. The summed E-state index contributed by atoms with van der Waals surface area (Å²) in [6.07, 6.45) is 3.07. The van der Waals surface area contributed by atoms with Crippen LogP contribution in [0.4, 0.5) is 0 Å². The molecule has 6 unspecified atom stereocenters. The highest BCUT2D eigenvalue weighted by molar-refractivity contribution is 6.08. The van der Waals surface area contributed by atoms with Gasteiger partial charge in [0, 0.05) is 12.3 Å². The first kappa shape index (κ1) is 16.3. The molecule has 6 atom stereocenters. The lowest BCUT2D eigenvalue weighted by Crippen LogP contribution is -2.60. The van der Waals surface area contributed by atoms with Gasteiger partial charge in [0.05, 0.1) is 17.9 Å². The van der Waals surface area contributed by atoms with E-state index in [-0.39, 0.29) is 35.6 Å². The smallest absolute Gasteiger partial charge is 0.228 e. The van der Waals surface area contributed by atoms with E-state index in [0.717, 1.165) is 12.8 Å². The van der Waals surface area contributed by atoms with Crippen LogP contribution >= 0.6 is 0 Å². The highest BCUT2D eigenvalue weighted by atomic mass is 16.2. The van der Waals surface area contributed by atoms with Crippen LogP contribution < -0.4 is 5.73 Å². The standard InChI is InChI=1S/C17H24N2O4/c1-19(2)14-9-6-8-4-3-5-12(20)13(8)15(21)10(9)7-11(16(14)22)17(18)23/h8-11,13-14H,3-7H2,1-2H3,(H2,18,23). The summed E-state index contributed by atoms with van der Waals surface area (Å²) in [5, 5.41) is 0. The Bertz CT molecular complexity index is 571. The second-order valence-electron chi connectivity index (χ2n) is 7.51. The molecular weight excluding hydrogens is 296 g/mol. The zero-order chi connectivity index (χ0) is 16.9. The van der Waals surface area contributed by atoms with Gasteiger partial charge in [0.15, 0.2) is 5.78 Å². The van der Waals surface area contributed by atoms with Crippen LogP contribution in [0.25, 0.3) is 0 Å². The average Bonchev–Trinajstić information content (AvgIpc) is 2.45. The summed E-state index contributed by atoms with van der Waals surface area (Å²) in [7, 11) is 3.59. The van der Waals surface area contributed by atoms with E-state index in [1.54, 1.807) is 19.0 Å². The number of carbonyl (C=O) groups excluding carboxylic acids is 4. The molecule has 6 heteroatoms. The lowest BCUT2D eigenvalue weighted by atomic mass is 9.55. The molecule has 2 N–H and O–H groups in total. The second-order valence-corrected chi connectivity index (χ2v) is 7.51. The van der Waals surface area contributed by atoms with Gasteiger partial charge in [0.25, 0.3) is 0 Å². The molecule has 6 nitrogen and oxygen atoms in total. The van der Waals surface area contributed by atoms with Gasteiger partial charge in [-0.1, -0.05) is 0 Å². The molecule has 23 heavy (non-hydrogen) atoms. The molecule has 3 fully saturated rings. The van der Waals surface area contributed by atoms with Crippen molar-refractivity contribution < 1.29 is 19.2 Å². The molecule has 3 aliphatic carbocycles. The number of fused-ring (bicyclic) bond motifs is 2. The first-order valence-electron chi connectivity index (χ1n) is 8.38. The van der Waals surface area contributed by atoms with E-state index in [1.165, 1.54) is 0 Å². The first-order valence-corrected chi connectivity index (χ1v) is 8.38. The Balaban J connectivity index is 1.97. The maximum Gasteiger partial charge on any atom is 0.228 e. The maximum absolute atomic E-state index is 12.9. The number of nitrogens with two attached hydrogens (primary N) is 1. The molecule has 0 aromatic carbocycles. The number of hydrogen-bond acceptors (Lipinski definition) is 5. The number of hydrogen-bond donors (Lipinski definition) is 1. The van der Waals surface area contributed by atoms with E-state index in [2.05, 4.69) is 0 Å². The van der Waals surface area contributed by atoms with Crippen LogP contribution in [0.15, 0.2) is 0 Å². The normalized spacial score (nSPS) is 40.7. The number of ketones is 3. The molecule has 0 aromatic heterocycles. The maximum atomic E-state index is 12.9. The predicted molar refractivity (Wildman–Crippen MR) is 82.2 cm³/mol. The number of likely N-dealkylation sites (N-methyl/N-ethyl adjacent to an activating group) is 1. The van der Waals surface area contributed by atoms with Crippen molar-refractivity contribution in [1.29, 1.82) is 0 Å². The van der Waals surface area contributed by atoms with Crippen molar-refractivity contribution in [3.63, 3.8) is 0 Å². The Morgan fingerprint density at radius 2 is 1.83 bits per heavy atom. The second kappa shape index (κ2) is 5.82. The number of amides is 1. The number of nitrogens with zero attached hydrogens (tertiary/aromatic N) is 1. The van der Waals surface area contributed by atoms with Crippen molar-refractivity contribution in [2.45, 2.75) is 38.1 Å². The minimum Gasteiger partial charge on any atom is -0.369 e. The van der Waals surface area contributed by atoms with Gasteiger partial charge < -0.3 is 5.73 Å². The molecule has 0 saturated heterocycles. The Morgan fingerprint density at radius 3 is 2.43 bits per heavy atom. The van der Waals surface area contributed by atoms with E-state index in [9.17, 15) is 19.2 Å². The Kier molecular flexibility index (Phi) is 4.12. The van der Waals surface area contributed by atoms with Gasteiger partial charge in [0.1, 0.15) is 11.6 Å². The summed E-state index contributed by atoms with van der Waals surface area (Å²) in [6, 6.07) is -0.465. The van der Waals surface area contributed by atoms with Crippen LogP contribution in [0.5, 0.6) is 0 Å². The summed E-state index contributed by atoms with van der Waals surface area (Å²) >= 11 is 0. The molecule has 0 aliphatic heterocycles. The van der Waals surface area contributed by atoms with Crippen LogP contribution in [0, 0.1) is 29.6 Å².